The molecule has 11 nitrogen and oxygen atoms in total. The molecule has 1 atom stereocenters. The van der Waals surface area contributed by atoms with E-state index in [4.69, 9.17) is 9.47 Å². The number of hydrogen-bond acceptors (Lipinski definition) is 8. The predicted molar refractivity (Wildman–Crippen MR) is 130 cm³/mol. The number of ether oxygens (including phenoxy) is 2. The summed E-state index contributed by atoms with van der Waals surface area (Å²) in [6, 6.07) is 9.05. The number of nitrogens with one attached hydrogen (secondary N) is 1. The maximum absolute atomic E-state index is 14.1. The zero-order chi connectivity index (χ0) is 27.1. The molecule has 2 aromatic carbocycles. The van der Waals surface area contributed by atoms with E-state index in [0.29, 0.717) is 13.2 Å². The van der Waals surface area contributed by atoms with Gasteiger partial charge in [0.2, 0.25) is 0 Å². The fraction of sp³-hybridized carbons (Fsp3) is 0.320. The number of benzene rings is 2. The molecule has 0 radical (unpaired) electrons. The Morgan fingerprint density at radius 3 is 2.18 bits per heavy atom. The van der Waals surface area contributed by atoms with Crippen LogP contribution >= 0.6 is 0 Å². The molecule has 2 aromatic heterocycles. The molecule has 0 spiro atoms. The third-order valence-electron chi connectivity index (χ3n) is 5.59. The van der Waals surface area contributed by atoms with Crippen LogP contribution in [0, 0.1) is 25.5 Å². The number of aryl methyl sites for hydroxylation is 2. The molecule has 0 aliphatic carbocycles. The number of alkyl carbamates (subject to hydrolysis) is 1. The van der Waals surface area contributed by atoms with Gasteiger partial charge in [-0.1, -0.05) is 12.1 Å². The predicted octanol–water partition coefficient (Wildman–Crippen LogP) is 2.53. The number of carbonyl (C=O) groups excluding carboxylic acids is 1. The number of cyclic esters (lactones) is 1. The van der Waals surface area contributed by atoms with E-state index in [1.807, 2.05) is 26.0 Å². The Morgan fingerprint density at radius 2 is 1.68 bits per heavy atom. The Hall–Kier alpha value is -4.39. The van der Waals surface area contributed by atoms with Crippen LogP contribution in [0.15, 0.2) is 61.7 Å². The van der Waals surface area contributed by atoms with Gasteiger partial charge in [0.1, 0.15) is 54.9 Å². The lowest BCUT2D eigenvalue weighted by Crippen LogP contribution is -2.37. The van der Waals surface area contributed by atoms with Crippen molar-refractivity contribution in [1.29, 1.82) is 0 Å². The average molecular weight is 528 g/mol. The van der Waals surface area contributed by atoms with Crippen LogP contribution in [0.1, 0.15) is 16.7 Å². The first-order valence-corrected chi connectivity index (χ1v) is 11.7. The second kappa shape index (κ2) is 11.8. The minimum Gasteiger partial charge on any atom is -0.490 e. The molecular weight excluding hydrogens is 500 g/mol. The summed E-state index contributed by atoms with van der Waals surface area (Å²) >= 11 is 0. The first-order chi connectivity index (χ1) is 18.2. The van der Waals surface area contributed by atoms with Crippen molar-refractivity contribution in [2.24, 2.45) is 0 Å². The highest BCUT2D eigenvalue weighted by Crippen LogP contribution is 2.28. The second-order valence-electron chi connectivity index (χ2n) is 8.88. The number of halogens is 2. The minimum atomic E-state index is -1.70. The van der Waals surface area contributed by atoms with Gasteiger partial charge < -0.3 is 19.9 Å². The van der Waals surface area contributed by atoms with Gasteiger partial charge in [0, 0.05) is 11.6 Å². The number of amides is 1. The van der Waals surface area contributed by atoms with E-state index in [2.05, 4.69) is 31.5 Å². The third-order valence-corrected chi connectivity index (χ3v) is 5.59. The molecular formula is C25H27F2N7O4. The Balaban J connectivity index is 0.000000186. The lowest BCUT2D eigenvalue weighted by molar-refractivity contribution is -0.00856. The lowest BCUT2D eigenvalue weighted by atomic mass is 9.93. The van der Waals surface area contributed by atoms with Crippen LogP contribution in [0.2, 0.25) is 0 Å². The van der Waals surface area contributed by atoms with Crippen molar-refractivity contribution in [3.63, 3.8) is 0 Å². The summed E-state index contributed by atoms with van der Waals surface area (Å²) in [6.07, 6.45) is 4.84. The molecule has 1 fully saturated rings. The van der Waals surface area contributed by atoms with Crippen molar-refractivity contribution in [1.82, 2.24) is 34.8 Å². The number of hydrogen-bond donors (Lipinski definition) is 2. The molecule has 0 bridgehead atoms. The number of aliphatic hydroxyl groups is 1. The second-order valence-corrected chi connectivity index (χ2v) is 8.88. The monoisotopic (exact) mass is 527 g/mol. The van der Waals surface area contributed by atoms with Gasteiger partial charge in [-0.3, -0.25) is 0 Å². The summed E-state index contributed by atoms with van der Waals surface area (Å²) in [5.74, 6) is -0.742. The summed E-state index contributed by atoms with van der Waals surface area (Å²) in [7, 11) is 0. The van der Waals surface area contributed by atoms with Crippen LogP contribution in [-0.4, -0.2) is 60.0 Å². The molecule has 13 heteroatoms. The van der Waals surface area contributed by atoms with E-state index in [9.17, 15) is 18.7 Å². The molecule has 1 aliphatic heterocycles. The van der Waals surface area contributed by atoms with Crippen LogP contribution in [0.5, 0.6) is 5.75 Å². The SMILES string of the molecule is Cc1cc(C)cc(OCC2CNC(=O)O2)c1.OC(Cn1cncn1)(Cn1cncn1)c1ccc(F)cc1F. The van der Waals surface area contributed by atoms with Crippen LogP contribution in [0.3, 0.4) is 0 Å². The number of aromatic nitrogens is 6. The normalized spacial score (nSPS) is 14.9. The molecule has 5 rings (SSSR count). The maximum Gasteiger partial charge on any atom is 0.407 e. The smallest absolute Gasteiger partial charge is 0.407 e. The van der Waals surface area contributed by atoms with Gasteiger partial charge in [-0.05, 0) is 43.2 Å². The summed E-state index contributed by atoms with van der Waals surface area (Å²) < 4.78 is 40.5. The highest BCUT2D eigenvalue weighted by molar-refractivity contribution is 5.69. The van der Waals surface area contributed by atoms with Crippen molar-refractivity contribution in [2.75, 3.05) is 13.2 Å². The zero-order valence-corrected chi connectivity index (χ0v) is 20.8. The third kappa shape index (κ3) is 7.09. The fourth-order valence-electron chi connectivity index (χ4n) is 3.98. The van der Waals surface area contributed by atoms with Crippen molar-refractivity contribution in [3.05, 3.63) is 90.0 Å². The van der Waals surface area contributed by atoms with Crippen LogP contribution in [0.25, 0.3) is 0 Å². The van der Waals surface area contributed by atoms with Crippen LogP contribution in [0.4, 0.5) is 13.6 Å². The number of carbonyl (C=O) groups is 1. The Morgan fingerprint density at radius 1 is 1.05 bits per heavy atom. The fourth-order valence-corrected chi connectivity index (χ4v) is 3.98. The van der Waals surface area contributed by atoms with Crippen LogP contribution in [-0.2, 0) is 23.4 Å². The Bertz CT molecular complexity index is 1290. The zero-order valence-electron chi connectivity index (χ0n) is 20.8. The van der Waals surface area contributed by atoms with Gasteiger partial charge in [-0.25, -0.2) is 32.9 Å². The van der Waals surface area contributed by atoms with E-state index >= 15 is 0 Å². The molecule has 4 aromatic rings. The summed E-state index contributed by atoms with van der Waals surface area (Å²) in [5.41, 5.74) is 0.576. The largest absolute Gasteiger partial charge is 0.490 e. The van der Waals surface area contributed by atoms with Crippen molar-refractivity contribution >= 4 is 6.09 Å². The average Bonchev–Trinajstić information content (AvgIpc) is 3.62. The molecule has 1 aliphatic rings. The summed E-state index contributed by atoms with van der Waals surface area (Å²) in [4.78, 5) is 18.4. The summed E-state index contributed by atoms with van der Waals surface area (Å²) in [6.45, 7) is 4.81. The molecule has 38 heavy (non-hydrogen) atoms. The van der Waals surface area contributed by atoms with E-state index < -0.39 is 17.2 Å². The molecule has 1 saturated heterocycles. The molecule has 3 heterocycles. The topological polar surface area (TPSA) is 129 Å². The molecule has 200 valence electrons. The first-order valence-electron chi connectivity index (χ1n) is 11.7. The highest BCUT2D eigenvalue weighted by atomic mass is 19.1. The Kier molecular flexibility index (Phi) is 8.26. The van der Waals surface area contributed by atoms with E-state index in [0.717, 1.165) is 29.0 Å². The van der Waals surface area contributed by atoms with Gasteiger partial charge in [-0.15, -0.1) is 0 Å². The van der Waals surface area contributed by atoms with Crippen molar-refractivity contribution in [2.45, 2.75) is 38.6 Å². The van der Waals surface area contributed by atoms with E-state index in [-0.39, 0.29) is 30.9 Å². The van der Waals surface area contributed by atoms with Crippen LogP contribution < -0.4 is 10.1 Å². The molecule has 1 unspecified atom stereocenters. The highest BCUT2D eigenvalue weighted by Gasteiger charge is 2.34. The van der Waals surface area contributed by atoms with Gasteiger partial charge in [0.15, 0.2) is 6.10 Å². The van der Waals surface area contributed by atoms with E-state index in [1.165, 1.54) is 40.7 Å². The summed E-state index contributed by atoms with van der Waals surface area (Å²) in [5, 5.41) is 21.4. The van der Waals surface area contributed by atoms with Gasteiger partial charge in [-0.2, -0.15) is 10.2 Å². The molecule has 2 N–H and O–H groups in total. The van der Waals surface area contributed by atoms with E-state index in [1.54, 1.807) is 0 Å². The number of rotatable bonds is 8. The maximum atomic E-state index is 14.1. The minimum absolute atomic E-state index is 0.0556. The first kappa shape index (κ1) is 26.7. The van der Waals surface area contributed by atoms with Gasteiger partial charge >= 0.3 is 6.09 Å². The lowest BCUT2D eigenvalue weighted by Gasteiger charge is -2.28. The standard InChI is InChI=1S/C13H12F2N6O.C12H15NO3/c14-10-1-2-11(12(15)3-10)13(22,4-20-8-16-6-18-20)5-21-9-17-7-19-21;1-8-3-9(2)5-10(4-8)15-7-11-6-13-12(14)16-11/h1-3,6-9,22H,4-5H2;3-5,11H,6-7H2,1-2H3,(H,13,14). The molecule has 0 saturated carbocycles. The quantitative estimate of drug-likeness (QED) is 0.358. The van der Waals surface area contributed by atoms with Crippen molar-refractivity contribution < 1.29 is 28.2 Å². The van der Waals surface area contributed by atoms with Gasteiger partial charge in [0.05, 0.1) is 19.6 Å². The van der Waals surface area contributed by atoms with Gasteiger partial charge in [0.25, 0.3) is 0 Å². The number of nitrogens with zero attached hydrogens (tertiary/aromatic N) is 6. The van der Waals surface area contributed by atoms with Crippen molar-refractivity contribution in [3.8, 4) is 5.75 Å². The Labute approximate surface area is 217 Å². The molecule has 1 amide bonds.